The molecule has 0 aliphatic carbocycles. The molecule has 0 aliphatic rings. The van der Waals surface area contributed by atoms with Crippen LogP contribution in [-0.2, 0) is 0 Å². The summed E-state index contributed by atoms with van der Waals surface area (Å²) in [7, 11) is 0. The van der Waals surface area contributed by atoms with E-state index < -0.39 is 0 Å². The number of fused-ring (bicyclic) bond motifs is 1. The van der Waals surface area contributed by atoms with Crippen LogP contribution < -0.4 is 5.56 Å². The van der Waals surface area contributed by atoms with Crippen molar-refractivity contribution in [2.24, 2.45) is 0 Å². The van der Waals surface area contributed by atoms with Crippen molar-refractivity contribution in [1.29, 1.82) is 5.26 Å². The number of nitriles is 1. The summed E-state index contributed by atoms with van der Waals surface area (Å²) in [5.41, 5.74) is 3.31. The molecule has 0 atom stereocenters. The molecule has 5 heteroatoms. The zero-order valence-corrected chi connectivity index (χ0v) is 14.5. The predicted molar refractivity (Wildman–Crippen MR) is 106 cm³/mol. The van der Waals surface area contributed by atoms with Crippen LogP contribution in [0.15, 0.2) is 64.8 Å². The monoisotopic (exact) mass is 355 g/mol. The van der Waals surface area contributed by atoms with Crippen molar-refractivity contribution in [3.8, 4) is 17.2 Å². The van der Waals surface area contributed by atoms with Gasteiger partial charge in [0.2, 0.25) is 0 Å². The van der Waals surface area contributed by atoms with E-state index in [1.54, 1.807) is 18.2 Å². The van der Waals surface area contributed by atoms with E-state index in [0.717, 1.165) is 16.7 Å². The number of rotatable bonds is 3. The number of nitrogens with one attached hydrogen (secondary N) is 1. The first-order valence-corrected chi connectivity index (χ1v) is 8.88. The summed E-state index contributed by atoms with van der Waals surface area (Å²) in [6.07, 6.45) is 3.63. The van der Waals surface area contributed by atoms with Crippen molar-refractivity contribution in [3.63, 3.8) is 0 Å². The molecule has 2 aromatic heterocycles. The summed E-state index contributed by atoms with van der Waals surface area (Å²) in [6, 6.07) is 19.1. The number of benzene rings is 2. The second kappa shape index (κ2) is 6.79. The van der Waals surface area contributed by atoms with Gasteiger partial charge in [-0.1, -0.05) is 48.5 Å². The van der Waals surface area contributed by atoms with E-state index in [1.807, 2.05) is 53.9 Å². The van der Waals surface area contributed by atoms with Gasteiger partial charge in [-0.2, -0.15) is 5.26 Å². The average molecular weight is 355 g/mol. The summed E-state index contributed by atoms with van der Waals surface area (Å²) in [5.74, 6) is 0.508. The van der Waals surface area contributed by atoms with Gasteiger partial charge < -0.3 is 4.98 Å². The number of nitrogens with zero attached hydrogens (tertiary/aromatic N) is 2. The number of hydrogen-bond acceptors (Lipinski definition) is 4. The Hall–Kier alpha value is -3.49. The first-order chi connectivity index (χ1) is 12.7. The van der Waals surface area contributed by atoms with Crippen molar-refractivity contribution >= 4 is 33.7 Å². The van der Waals surface area contributed by atoms with Gasteiger partial charge in [0.15, 0.2) is 0 Å². The molecule has 0 aliphatic heterocycles. The number of H-pyrrole nitrogens is 1. The quantitative estimate of drug-likeness (QED) is 0.579. The highest BCUT2D eigenvalue weighted by atomic mass is 32.1. The minimum Gasteiger partial charge on any atom is -0.306 e. The van der Waals surface area contributed by atoms with Crippen LogP contribution >= 0.6 is 11.3 Å². The van der Waals surface area contributed by atoms with Crippen LogP contribution in [0.4, 0.5) is 0 Å². The summed E-state index contributed by atoms with van der Waals surface area (Å²) in [4.78, 5) is 20.7. The maximum Gasteiger partial charge on any atom is 0.260 e. The van der Waals surface area contributed by atoms with E-state index >= 15 is 0 Å². The Kier molecular flexibility index (Phi) is 4.18. The third-order valence-corrected chi connectivity index (χ3v) is 4.89. The van der Waals surface area contributed by atoms with Gasteiger partial charge in [-0.15, -0.1) is 11.3 Å². The molecule has 0 bridgehead atoms. The van der Waals surface area contributed by atoms with Crippen LogP contribution in [-0.4, -0.2) is 9.97 Å². The topological polar surface area (TPSA) is 69.5 Å². The molecule has 4 nitrogen and oxygen atoms in total. The number of thiophene rings is 1. The minimum atomic E-state index is -0.144. The highest BCUT2D eigenvalue weighted by Crippen LogP contribution is 2.30. The second-order valence-corrected chi connectivity index (χ2v) is 6.57. The first-order valence-electron chi connectivity index (χ1n) is 8.00. The molecule has 0 amide bonds. The average Bonchev–Trinajstić information content (AvgIpc) is 3.12. The van der Waals surface area contributed by atoms with Crippen molar-refractivity contribution in [2.45, 2.75) is 0 Å². The van der Waals surface area contributed by atoms with Crippen LogP contribution in [0.5, 0.6) is 0 Å². The van der Waals surface area contributed by atoms with Crippen LogP contribution in [0.2, 0.25) is 0 Å². The molecule has 124 valence electrons. The zero-order valence-electron chi connectivity index (χ0n) is 13.6. The lowest BCUT2D eigenvalue weighted by molar-refractivity contribution is 1.15. The van der Waals surface area contributed by atoms with Gasteiger partial charge in [0.05, 0.1) is 17.0 Å². The number of aromatic nitrogens is 2. The fourth-order valence-corrected chi connectivity index (χ4v) is 3.67. The molecule has 26 heavy (non-hydrogen) atoms. The fourth-order valence-electron chi connectivity index (χ4n) is 2.72. The Morgan fingerprint density at radius 1 is 1.04 bits per heavy atom. The van der Waals surface area contributed by atoms with Crippen molar-refractivity contribution in [1.82, 2.24) is 9.97 Å². The van der Waals surface area contributed by atoms with E-state index in [-0.39, 0.29) is 5.56 Å². The zero-order chi connectivity index (χ0) is 17.9. The van der Waals surface area contributed by atoms with Crippen LogP contribution in [0.1, 0.15) is 17.0 Å². The Labute approximate surface area is 153 Å². The molecule has 0 unspecified atom stereocenters. The third kappa shape index (κ3) is 3.06. The molecule has 2 heterocycles. The van der Waals surface area contributed by atoms with Crippen molar-refractivity contribution in [3.05, 3.63) is 87.3 Å². The highest BCUT2D eigenvalue weighted by Gasteiger charge is 2.11. The van der Waals surface area contributed by atoms with E-state index in [2.05, 4.69) is 16.0 Å². The second-order valence-electron chi connectivity index (χ2n) is 5.71. The van der Waals surface area contributed by atoms with E-state index in [0.29, 0.717) is 21.6 Å². The number of hydrogen-bond donors (Lipinski definition) is 1. The maximum absolute atomic E-state index is 12.6. The molecule has 0 radical (unpaired) electrons. The molecular formula is C21H13N3OS. The molecule has 4 rings (SSSR count). The van der Waals surface area contributed by atoms with Crippen molar-refractivity contribution in [2.75, 3.05) is 0 Å². The molecule has 1 N–H and O–H groups in total. The number of aromatic amines is 1. The maximum atomic E-state index is 12.6. The highest BCUT2D eigenvalue weighted by molar-refractivity contribution is 7.17. The summed E-state index contributed by atoms with van der Waals surface area (Å²) >= 11 is 1.46. The van der Waals surface area contributed by atoms with E-state index in [1.165, 1.54) is 11.3 Å². The molecular weight excluding hydrogens is 342 g/mol. The minimum absolute atomic E-state index is 0.144. The molecule has 2 aromatic carbocycles. The Morgan fingerprint density at radius 3 is 2.54 bits per heavy atom. The summed E-state index contributed by atoms with van der Waals surface area (Å²) < 4.78 is 0. The lowest BCUT2D eigenvalue weighted by Gasteiger charge is -1.99. The fraction of sp³-hybridized carbons (Fsp3) is 0. The van der Waals surface area contributed by atoms with Gasteiger partial charge in [-0.05, 0) is 29.3 Å². The predicted octanol–water partition coefficient (Wildman–Crippen LogP) is 4.69. The Balaban J connectivity index is 1.71. The van der Waals surface area contributed by atoms with Gasteiger partial charge in [-0.3, -0.25) is 4.79 Å². The largest absolute Gasteiger partial charge is 0.306 e. The Morgan fingerprint density at radius 2 is 1.81 bits per heavy atom. The van der Waals surface area contributed by atoms with Gasteiger partial charge in [0.25, 0.3) is 5.56 Å². The van der Waals surface area contributed by atoms with E-state index in [9.17, 15) is 4.79 Å². The summed E-state index contributed by atoms with van der Waals surface area (Å²) in [5, 5.41) is 11.4. The van der Waals surface area contributed by atoms with Crippen molar-refractivity contribution < 1.29 is 0 Å². The summed E-state index contributed by atoms with van der Waals surface area (Å²) in [6.45, 7) is 0. The lowest BCUT2D eigenvalue weighted by Crippen LogP contribution is -2.09. The van der Waals surface area contributed by atoms with E-state index in [4.69, 9.17) is 5.26 Å². The lowest BCUT2D eigenvalue weighted by atomic mass is 10.1. The Bertz CT molecular complexity index is 1200. The SMILES string of the molecule is N#Cc1ccc(C=Cc2nc3scc(-c4ccccc4)c3c(=O)[nH]2)cc1. The first kappa shape index (κ1) is 16.0. The van der Waals surface area contributed by atoms with Gasteiger partial charge in [-0.25, -0.2) is 4.98 Å². The molecule has 0 spiro atoms. The molecule has 0 saturated carbocycles. The molecule has 0 saturated heterocycles. The van der Waals surface area contributed by atoms with Crippen LogP contribution in [0.25, 0.3) is 33.5 Å². The smallest absolute Gasteiger partial charge is 0.260 e. The molecule has 4 aromatic rings. The van der Waals surface area contributed by atoms with Crippen LogP contribution in [0.3, 0.4) is 0 Å². The third-order valence-electron chi connectivity index (χ3n) is 4.02. The van der Waals surface area contributed by atoms with Crippen LogP contribution in [0, 0.1) is 11.3 Å². The standard InChI is InChI=1S/C21H13N3OS/c22-12-15-8-6-14(7-9-15)10-11-18-23-20(25)19-17(13-26-21(19)24-18)16-4-2-1-3-5-16/h1-11,13H,(H,23,24,25). The van der Waals surface area contributed by atoms with Gasteiger partial charge >= 0.3 is 0 Å². The van der Waals surface area contributed by atoms with Gasteiger partial charge in [0, 0.05) is 10.9 Å². The normalized spacial score (nSPS) is 11.0. The van der Waals surface area contributed by atoms with Gasteiger partial charge in [0.1, 0.15) is 10.7 Å². The molecule has 0 fully saturated rings.